The van der Waals surface area contributed by atoms with E-state index >= 15 is 0 Å². The Morgan fingerprint density at radius 3 is 2.37 bits per heavy atom. The number of esters is 1. The Kier molecular flexibility index (Phi) is 8.17. The second-order valence-electron chi connectivity index (χ2n) is 8.57. The lowest BCUT2D eigenvalue weighted by Gasteiger charge is -2.23. The smallest absolute Gasteiger partial charge is 0.325 e. The number of benzene rings is 2. The number of anilines is 1. The summed E-state index contributed by atoms with van der Waals surface area (Å²) < 4.78 is 16.1. The molecule has 0 spiro atoms. The van der Waals surface area contributed by atoms with E-state index in [-0.39, 0.29) is 17.7 Å². The average molecular weight is 481 g/mol. The van der Waals surface area contributed by atoms with Crippen LogP contribution in [0.3, 0.4) is 0 Å². The van der Waals surface area contributed by atoms with Gasteiger partial charge in [0.2, 0.25) is 0 Å². The van der Waals surface area contributed by atoms with Gasteiger partial charge in [0.15, 0.2) is 23.9 Å². The van der Waals surface area contributed by atoms with Gasteiger partial charge in [-0.1, -0.05) is 32.0 Å². The minimum absolute atomic E-state index is 0.316. The van der Waals surface area contributed by atoms with Crippen molar-refractivity contribution in [2.24, 2.45) is 0 Å². The molecule has 0 saturated carbocycles. The number of ether oxygens (including phenoxy) is 3. The van der Waals surface area contributed by atoms with E-state index in [1.807, 2.05) is 63.9 Å². The molecule has 3 rings (SSSR count). The van der Waals surface area contributed by atoms with Gasteiger partial charge in [0.05, 0.1) is 13.2 Å². The van der Waals surface area contributed by atoms with Crippen molar-refractivity contribution in [1.82, 2.24) is 5.32 Å². The summed E-state index contributed by atoms with van der Waals surface area (Å²) in [6.07, 6.45) is 1.51. The van der Waals surface area contributed by atoms with Crippen molar-refractivity contribution < 1.29 is 28.6 Å². The van der Waals surface area contributed by atoms with Gasteiger partial charge in [0.25, 0.3) is 5.91 Å². The second-order valence-corrected chi connectivity index (χ2v) is 8.57. The van der Waals surface area contributed by atoms with Crippen molar-refractivity contribution in [3.63, 3.8) is 0 Å². The predicted molar refractivity (Wildman–Crippen MR) is 133 cm³/mol. The molecule has 0 saturated heterocycles. The lowest BCUT2D eigenvalue weighted by Crippen LogP contribution is -2.31. The van der Waals surface area contributed by atoms with Gasteiger partial charge in [-0.15, -0.1) is 0 Å². The number of likely N-dealkylation sites (N-methyl/N-ethyl adjacent to an activating group) is 1. The molecular formula is C27H32N2O6. The highest BCUT2D eigenvalue weighted by molar-refractivity contribution is 5.97. The molecule has 0 atom stereocenters. The van der Waals surface area contributed by atoms with E-state index in [0.29, 0.717) is 30.3 Å². The van der Waals surface area contributed by atoms with Crippen LogP contribution < -0.4 is 19.7 Å². The SMILES string of the molecule is CCOc1ccc(C(=O)NCC(=O)OCC(=O)C=C2N(C)c3ccccc3C2(C)C)cc1OCC. The van der Waals surface area contributed by atoms with E-state index in [0.717, 1.165) is 16.9 Å². The number of hydrogen-bond acceptors (Lipinski definition) is 7. The summed E-state index contributed by atoms with van der Waals surface area (Å²) in [7, 11) is 1.91. The predicted octanol–water partition coefficient (Wildman–Crippen LogP) is 3.64. The highest BCUT2D eigenvalue weighted by Crippen LogP contribution is 2.46. The highest BCUT2D eigenvalue weighted by atomic mass is 16.5. The zero-order valence-corrected chi connectivity index (χ0v) is 20.8. The number of allylic oxidation sites excluding steroid dienone is 1. The average Bonchev–Trinajstić information content (AvgIpc) is 3.03. The quantitative estimate of drug-likeness (QED) is 0.410. The lowest BCUT2D eigenvalue weighted by atomic mass is 9.83. The number of fused-ring (bicyclic) bond motifs is 1. The minimum Gasteiger partial charge on any atom is -0.490 e. The summed E-state index contributed by atoms with van der Waals surface area (Å²) in [5.74, 6) is -0.516. The van der Waals surface area contributed by atoms with Crippen LogP contribution in [-0.4, -0.2) is 51.1 Å². The maximum atomic E-state index is 12.5. The number of hydrogen-bond donors (Lipinski definition) is 1. The van der Waals surface area contributed by atoms with Gasteiger partial charge in [-0.2, -0.15) is 0 Å². The summed E-state index contributed by atoms with van der Waals surface area (Å²) in [4.78, 5) is 39.1. The molecule has 1 aliphatic rings. The Bertz CT molecular complexity index is 1140. The van der Waals surface area contributed by atoms with Gasteiger partial charge in [-0.25, -0.2) is 0 Å². The molecule has 1 heterocycles. The Morgan fingerprint density at radius 1 is 1.00 bits per heavy atom. The molecule has 2 aromatic rings. The maximum Gasteiger partial charge on any atom is 0.325 e. The summed E-state index contributed by atoms with van der Waals surface area (Å²) in [5.41, 5.74) is 2.96. The minimum atomic E-state index is -0.705. The van der Waals surface area contributed by atoms with Crippen LogP contribution in [0.25, 0.3) is 0 Å². The number of ketones is 1. The number of amides is 1. The first-order chi connectivity index (χ1) is 16.7. The molecule has 0 aliphatic carbocycles. The van der Waals surface area contributed by atoms with Crippen molar-refractivity contribution >= 4 is 23.3 Å². The van der Waals surface area contributed by atoms with E-state index in [1.54, 1.807) is 18.2 Å². The standard InChI is InChI=1S/C27H32N2O6/c1-6-33-22-13-12-18(14-23(22)34-7-2)26(32)28-16-25(31)35-17-19(30)15-24-27(3,4)20-10-8-9-11-21(20)29(24)5/h8-15H,6-7,16-17H2,1-5H3,(H,28,32). The Morgan fingerprint density at radius 2 is 1.69 bits per heavy atom. The van der Waals surface area contributed by atoms with Crippen LogP contribution in [0.2, 0.25) is 0 Å². The fraction of sp³-hybridized carbons (Fsp3) is 0.370. The lowest BCUT2D eigenvalue weighted by molar-refractivity contribution is -0.145. The van der Waals surface area contributed by atoms with Gasteiger partial charge >= 0.3 is 5.97 Å². The highest BCUT2D eigenvalue weighted by Gasteiger charge is 2.38. The van der Waals surface area contributed by atoms with Crippen LogP contribution in [0.1, 0.15) is 43.6 Å². The Labute approximate surface area is 205 Å². The van der Waals surface area contributed by atoms with Crippen LogP contribution in [0, 0.1) is 0 Å². The summed E-state index contributed by atoms with van der Waals surface area (Å²) in [6.45, 7) is 7.90. The van der Waals surface area contributed by atoms with Gasteiger partial charge in [-0.05, 0) is 43.7 Å². The number of nitrogens with one attached hydrogen (secondary N) is 1. The fourth-order valence-corrected chi connectivity index (χ4v) is 4.10. The van der Waals surface area contributed by atoms with Crippen molar-refractivity contribution in [2.45, 2.75) is 33.1 Å². The van der Waals surface area contributed by atoms with Crippen LogP contribution in [0.15, 0.2) is 54.2 Å². The molecule has 8 nitrogen and oxygen atoms in total. The third-order valence-corrected chi connectivity index (χ3v) is 5.81. The maximum absolute atomic E-state index is 12.5. The Balaban J connectivity index is 1.54. The van der Waals surface area contributed by atoms with E-state index in [4.69, 9.17) is 14.2 Å². The van der Waals surface area contributed by atoms with Crippen molar-refractivity contribution in [2.75, 3.05) is 38.3 Å². The molecule has 0 unspecified atom stereocenters. The number of carbonyl (C=O) groups is 3. The van der Waals surface area contributed by atoms with Crippen molar-refractivity contribution in [3.05, 3.63) is 65.4 Å². The van der Waals surface area contributed by atoms with Gasteiger partial charge in [-0.3, -0.25) is 14.4 Å². The first kappa shape index (κ1) is 25.8. The van der Waals surface area contributed by atoms with Crippen LogP contribution in [0.5, 0.6) is 11.5 Å². The molecule has 0 aromatic heterocycles. The number of nitrogens with zero attached hydrogens (tertiary/aromatic N) is 1. The molecule has 35 heavy (non-hydrogen) atoms. The monoisotopic (exact) mass is 480 g/mol. The second kappa shape index (κ2) is 11.1. The normalized spacial score (nSPS) is 14.9. The van der Waals surface area contributed by atoms with Crippen LogP contribution >= 0.6 is 0 Å². The molecule has 0 fully saturated rings. The molecule has 1 N–H and O–H groups in total. The van der Waals surface area contributed by atoms with Crippen molar-refractivity contribution in [3.8, 4) is 11.5 Å². The van der Waals surface area contributed by atoms with E-state index in [1.165, 1.54) is 6.08 Å². The topological polar surface area (TPSA) is 94.2 Å². The van der Waals surface area contributed by atoms with Crippen LogP contribution in [-0.2, 0) is 19.7 Å². The molecule has 0 bridgehead atoms. The van der Waals surface area contributed by atoms with Crippen molar-refractivity contribution in [1.29, 1.82) is 0 Å². The Hall–Kier alpha value is -3.81. The zero-order chi connectivity index (χ0) is 25.6. The molecule has 8 heteroatoms. The van der Waals surface area contributed by atoms with E-state index in [2.05, 4.69) is 5.32 Å². The number of para-hydroxylation sites is 1. The summed E-state index contributed by atoms with van der Waals surface area (Å²) >= 11 is 0. The fourth-order valence-electron chi connectivity index (χ4n) is 4.10. The van der Waals surface area contributed by atoms with Crippen LogP contribution in [0.4, 0.5) is 5.69 Å². The largest absolute Gasteiger partial charge is 0.490 e. The first-order valence-corrected chi connectivity index (χ1v) is 11.6. The third-order valence-electron chi connectivity index (χ3n) is 5.81. The van der Waals surface area contributed by atoms with Gasteiger partial charge in [0.1, 0.15) is 6.54 Å². The van der Waals surface area contributed by atoms with E-state index in [9.17, 15) is 14.4 Å². The number of carbonyl (C=O) groups excluding carboxylic acids is 3. The molecule has 2 aromatic carbocycles. The summed E-state index contributed by atoms with van der Waals surface area (Å²) in [6, 6.07) is 12.8. The molecule has 1 amide bonds. The first-order valence-electron chi connectivity index (χ1n) is 11.6. The molecule has 1 aliphatic heterocycles. The summed E-state index contributed by atoms with van der Waals surface area (Å²) in [5, 5.41) is 2.50. The van der Waals surface area contributed by atoms with Gasteiger partial charge in [0, 0.05) is 35.5 Å². The third kappa shape index (κ3) is 5.82. The number of rotatable bonds is 10. The molecular weight excluding hydrogens is 448 g/mol. The molecule has 186 valence electrons. The zero-order valence-electron chi connectivity index (χ0n) is 20.8. The molecule has 0 radical (unpaired) electrons. The van der Waals surface area contributed by atoms with Gasteiger partial charge < -0.3 is 24.4 Å². The van der Waals surface area contributed by atoms with E-state index < -0.39 is 18.5 Å².